The highest BCUT2D eigenvalue weighted by Crippen LogP contribution is 2.38. The molecule has 5 rings (SSSR count). The Kier molecular flexibility index (Phi) is 6.16. The van der Waals surface area contributed by atoms with E-state index in [1.54, 1.807) is 12.1 Å². The molecule has 0 radical (unpaired) electrons. The van der Waals surface area contributed by atoms with Crippen LogP contribution in [-0.2, 0) is 13.0 Å². The normalized spacial score (nSPS) is 15.0. The number of halogens is 1. The molecule has 180 valence electrons. The van der Waals surface area contributed by atoms with Gasteiger partial charge in [-0.05, 0) is 54.3 Å². The molecule has 0 saturated carbocycles. The monoisotopic (exact) mass is 471 g/mol. The largest absolute Gasteiger partial charge is 0.338 e. The maximum atomic E-state index is 13.8. The van der Waals surface area contributed by atoms with Crippen molar-refractivity contribution >= 4 is 6.03 Å². The first kappa shape index (κ1) is 22.9. The van der Waals surface area contributed by atoms with Gasteiger partial charge in [-0.3, -0.25) is 0 Å². The Morgan fingerprint density at radius 1 is 1.09 bits per heavy atom. The maximum Gasteiger partial charge on any atom is 0.318 e. The van der Waals surface area contributed by atoms with Gasteiger partial charge in [0.25, 0.3) is 0 Å². The molecule has 0 bridgehead atoms. The number of carbonyl (C=O) groups excluding carboxylic acids is 1. The lowest BCUT2D eigenvalue weighted by molar-refractivity contribution is 0.179. The third kappa shape index (κ3) is 4.22. The van der Waals surface area contributed by atoms with Gasteiger partial charge in [0.1, 0.15) is 11.6 Å². The maximum absolute atomic E-state index is 13.8. The number of urea groups is 1. The first-order valence-electron chi connectivity index (χ1n) is 12.1. The molecule has 1 N–H and O–H groups in total. The average Bonchev–Trinajstić information content (AvgIpc) is 3.45. The molecular formula is C28H30FN5O. The molecule has 1 atom stereocenters. The molecule has 6 nitrogen and oxygen atoms in total. The number of amides is 2. The van der Waals surface area contributed by atoms with Crippen LogP contribution in [0.1, 0.15) is 49.3 Å². The van der Waals surface area contributed by atoms with Gasteiger partial charge in [0, 0.05) is 18.3 Å². The van der Waals surface area contributed by atoms with Crippen LogP contribution in [0.15, 0.2) is 72.9 Å². The summed E-state index contributed by atoms with van der Waals surface area (Å²) in [6.07, 6.45) is 2.75. The molecule has 3 heterocycles. The minimum atomic E-state index is -0.390. The lowest BCUT2D eigenvalue weighted by atomic mass is 10.0. The fourth-order valence-corrected chi connectivity index (χ4v) is 4.74. The second kappa shape index (κ2) is 9.41. The molecule has 4 aromatic rings. The molecule has 2 aromatic carbocycles. The Morgan fingerprint density at radius 3 is 2.51 bits per heavy atom. The number of hydrogen-bond acceptors (Lipinski definition) is 2. The van der Waals surface area contributed by atoms with Crippen molar-refractivity contribution in [2.45, 2.75) is 39.8 Å². The highest BCUT2D eigenvalue weighted by molar-refractivity contribution is 5.76. The number of aryl methyl sites for hydroxylation is 1. The first-order chi connectivity index (χ1) is 17.0. The summed E-state index contributed by atoms with van der Waals surface area (Å²) in [4.78, 5) is 15.5. The van der Waals surface area contributed by atoms with E-state index >= 15 is 0 Å². The van der Waals surface area contributed by atoms with E-state index in [0.717, 1.165) is 40.4 Å². The van der Waals surface area contributed by atoms with Gasteiger partial charge in [-0.2, -0.15) is 5.10 Å². The predicted octanol–water partition coefficient (Wildman–Crippen LogP) is 5.64. The number of carbonyl (C=O) groups is 1. The molecule has 0 saturated heterocycles. The van der Waals surface area contributed by atoms with Gasteiger partial charge in [0.15, 0.2) is 0 Å². The van der Waals surface area contributed by atoms with Gasteiger partial charge >= 0.3 is 6.03 Å². The van der Waals surface area contributed by atoms with Crippen LogP contribution in [0.3, 0.4) is 0 Å². The van der Waals surface area contributed by atoms with E-state index in [0.29, 0.717) is 19.0 Å². The van der Waals surface area contributed by atoms with Crippen LogP contribution in [0.4, 0.5) is 9.18 Å². The number of nitrogens with one attached hydrogen (secondary N) is 1. The lowest BCUT2D eigenvalue weighted by Gasteiger charge is -2.31. The van der Waals surface area contributed by atoms with Crippen molar-refractivity contribution in [3.8, 4) is 11.5 Å². The summed E-state index contributed by atoms with van der Waals surface area (Å²) in [5.74, 6) is 0.950. The van der Waals surface area contributed by atoms with E-state index in [2.05, 4.69) is 30.7 Å². The van der Waals surface area contributed by atoms with Crippen molar-refractivity contribution in [3.05, 3.63) is 101 Å². The molecule has 2 amide bonds. The quantitative estimate of drug-likeness (QED) is 0.410. The Labute approximate surface area is 205 Å². The van der Waals surface area contributed by atoms with Gasteiger partial charge in [0.05, 0.1) is 29.7 Å². The molecular weight excluding hydrogens is 441 g/mol. The summed E-state index contributed by atoms with van der Waals surface area (Å²) in [5.41, 5.74) is 4.70. The lowest BCUT2D eigenvalue weighted by Crippen LogP contribution is -2.43. The van der Waals surface area contributed by atoms with E-state index in [1.807, 2.05) is 58.2 Å². The van der Waals surface area contributed by atoms with Crippen molar-refractivity contribution in [1.82, 2.24) is 24.6 Å². The van der Waals surface area contributed by atoms with Crippen LogP contribution in [0.25, 0.3) is 11.5 Å². The van der Waals surface area contributed by atoms with Crippen molar-refractivity contribution < 1.29 is 9.18 Å². The van der Waals surface area contributed by atoms with Crippen molar-refractivity contribution in [2.24, 2.45) is 5.92 Å². The number of nitrogens with zero attached hydrogens (tertiary/aromatic N) is 4. The third-order valence-electron chi connectivity index (χ3n) is 6.41. The summed E-state index contributed by atoms with van der Waals surface area (Å²) >= 11 is 0. The summed E-state index contributed by atoms with van der Waals surface area (Å²) in [7, 11) is 0. The van der Waals surface area contributed by atoms with Crippen LogP contribution in [0.5, 0.6) is 0 Å². The highest BCUT2D eigenvalue weighted by Gasteiger charge is 2.36. The van der Waals surface area contributed by atoms with Gasteiger partial charge < -0.3 is 14.8 Å². The fraction of sp³-hybridized carbons (Fsp3) is 0.286. The van der Waals surface area contributed by atoms with E-state index in [9.17, 15) is 9.18 Å². The zero-order chi connectivity index (χ0) is 24.5. The minimum absolute atomic E-state index is 0.150. The van der Waals surface area contributed by atoms with Crippen molar-refractivity contribution in [3.63, 3.8) is 0 Å². The van der Waals surface area contributed by atoms with Crippen LogP contribution < -0.4 is 5.32 Å². The van der Waals surface area contributed by atoms with E-state index < -0.39 is 0 Å². The van der Waals surface area contributed by atoms with Crippen LogP contribution in [0, 0.1) is 11.7 Å². The van der Waals surface area contributed by atoms with Gasteiger partial charge in [-0.1, -0.05) is 51.1 Å². The standard InChI is InChI=1S/C28H30FN5O/c1-4-24-23-18-33(28(35)30-17-19(2)3)26(20-12-14-21(29)15-13-20)25-11-8-16-32(25)27(23)34(31-24)22-9-6-5-7-10-22/h5-16,19,26H,4,17-18H2,1-3H3,(H,30,35)/t26-/m1/s1. The fourth-order valence-electron chi connectivity index (χ4n) is 4.74. The third-order valence-corrected chi connectivity index (χ3v) is 6.41. The first-order valence-corrected chi connectivity index (χ1v) is 12.1. The highest BCUT2D eigenvalue weighted by atomic mass is 19.1. The molecule has 2 aromatic heterocycles. The molecule has 35 heavy (non-hydrogen) atoms. The van der Waals surface area contributed by atoms with E-state index in [1.165, 1.54) is 12.1 Å². The van der Waals surface area contributed by atoms with E-state index in [-0.39, 0.29) is 17.9 Å². The second-order valence-electron chi connectivity index (χ2n) is 9.31. The number of para-hydroxylation sites is 1. The summed E-state index contributed by atoms with van der Waals surface area (Å²) in [6.45, 7) is 7.19. The zero-order valence-corrected chi connectivity index (χ0v) is 20.3. The van der Waals surface area contributed by atoms with Crippen molar-refractivity contribution in [2.75, 3.05) is 6.54 Å². The Hall–Kier alpha value is -3.87. The summed E-state index contributed by atoms with van der Waals surface area (Å²) in [6, 6.07) is 19.9. The zero-order valence-electron chi connectivity index (χ0n) is 20.3. The Balaban J connectivity index is 1.72. The SMILES string of the molecule is CCc1nn(-c2ccccc2)c2c1CN(C(=O)NCC(C)C)[C@H](c1ccc(F)cc1)c1cccn1-2. The summed E-state index contributed by atoms with van der Waals surface area (Å²) in [5, 5.41) is 8.06. The predicted molar refractivity (Wildman–Crippen MR) is 134 cm³/mol. The molecule has 7 heteroatoms. The van der Waals surface area contributed by atoms with Gasteiger partial charge in [-0.25, -0.2) is 13.9 Å². The minimum Gasteiger partial charge on any atom is -0.338 e. The van der Waals surface area contributed by atoms with Gasteiger partial charge in [0.2, 0.25) is 0 Å². The average molecular weight is 472 g/mol. The summed E-state index contributed by atoms with van der Waals surface area (Å²) < 4.78 is 17.9. The number of aromatic nitrogens is 3. The number of rotatable bonds is 5. The van der Waals surface area contributed by atoms with Crippen LogP contribution in [-0.4, -0.2) is 31.8 Å². The number of benzene rings is 2. The topological polar surface area (TPSA) is 55.1 Å². The molecule has 1 aliphatic heterocycles. The van der Waals surface area contributed by atoms with Gasteiger partial charge in [-0.15, -0.1) is 0 Å². The Morgan fingerprint density at radius 2 is 1.83 bits per heavy atom. The van der Waals surface area contributed by atoms with Crippen LogP contribution >= 0.6 is 0 Å². The number of hydrogen-bond donors (Lipinski definition) is 1. The van der Waals surface area contributed by atoms with Crippen molar-refractivity contribution in [1.29, 1.82) is 0 Å². The molecule has 0 fully saturated rings. The number of fused-ring (bicyclic) bond motifs is 3. The van der Waals surface area contributed by atoms with Crippen LogP contribution in [0.2, 0.25) is 0 Å². The van der Waals surface area contributed by atoms with E-state index in [4.69, 9.17) is 5.10 Å². The Bertz CT molecular complexity index is 1320. The second-order valence-corrected chi connectivity index (χ2v) is 9.31. The smallest absolute Gasteiger partial charge is 0.318 e. The molecule has 0 aliphatic carbocycles. The molecule has 0 unspecified atom stereocenters. The molecule has 1 aliphatic rings. The molecule has 0 spiro atoms.